The summed E-state index contributed by atoms with van der Waals surface area (Å²) >= 11 is 12.0. The zero-order valence-corrected chi connectivity index (χ0v) is 12.3. The average Bonchev–Trinajstić information content (AvgIpc) is 2.37. The van der Waals surface area contributed by atoms with Gasteiger partial charge in [0.05, 0.1) is 12.2 Å². The van der Waals surface area contributed by atoms with Crippen LogP contribution in [0.15, 0.2) is 18.2 Å². The van der Waals surface area contributed by atoms with Gasteiger partial charge in [0, 0.05) is 23.6 Å². The van der Waals surface area contributed by atoms with Crippen LogP contribution in [0.3, 0.4) is 0 Å². The van der Waals surface area contributed by atoms with Crippen LogP contribution in [0.1, 0.15) is 24.8 Å². The molecule has 1 N–H and O–H groups in total. The number of aliphatic hydroxyl groups excluding tert-OH is 1. The van der Waals surface area contributed by atoms with Crippen molar-refractivity contribution in [1.29, 1.82) is 0 Å². The summed E-state index contributed by atoms with van der Waals surface area (Å²) in [6.07, 6.45) is 2.11. The SMILES string of the molecule is CO[C@H]1C[C@H](O)C[C@H](CCc2ccc(Cl)cc2Cl)O1. The van der Waals surface area contributed by atoms with Gasteiger partial charge in [-0.15, -0.1) is 0 Å². The van der Waals surface area contributed by atoms with Crippen LogP contribution < -0.4 is 0 Å². The van der Waals surface area contributed by atoms with E-state index < -0.39 is 0 Å². The minimum absolute atomic E-state index is 0.000412. The third kappa shape index (κ3) is 4.33. The zero-order chi connectivity index (χ0) is 13.8. The van der Waals surface area contributed by atoms with E-state index in [1.165, 1.54) is 0 Å². The number of benzene rings is 1. The summed E-state index contributed by atoms with van der Waals surface area (Å²) in [5.74, 6) is 0. The Labute approximate surface area is 123 Å². The minimum atomic E-state index is -0.357. The Morgan fingerprint density at radius 1 is 1.37 bits per heavy atom. The first-order chi connectivity index (χ1) is 9.08. The summed E-state index contributed by atoms with van der Waals surface area (Å²) in [6, 6.07) is 5.50. The fraction of sp³-hybridized carbons (Fsp3) is 0.571. The summed E-state index contributed by atoms with van der Waals surface area (Å²) in [7, 11) is 1.59. The van der Waals surface area contributed by atoms with Crippen LogP contribution in [-0.2, 0) is 15.9 Å². The van der Waals surface area contributed by atoms with E-state index >= 15 is 0 Å². The summed E-state index contributed by atoms with van der Waals surface area (Å²) in [4.78, 5) is 0. The molecular weight excluding hydrogens is 287 g/mol. The van der Waals surface area contributed by atoms with Crippen molar-refractivity contribution in [2.24, 2.45) is 0 Å². The first-order valence-electron chi connectivity index (χ1n) is 6.38. The molecule has 0 unspecified atom stereocenters. The Hall–Kier alpha value is -0.320. The van der Waals surface area contributed by atoms with E-state index in [0.717, 1.165) is 18.4 Å². The van der Waals surface area contributed by atoms with Crippen molar-refractivity contribution in [2.75, 3.05) is 7.11 Å². The highest BCUT2D eigenvalue weighted by Crippen LogP contribution is 2.26. The summed E-state index contributed by atoms with van der Waals surface area (Å²) < 4.78 is 10.9. The van der Waals surface area contributed by atoms with Gasteiger partial charge in [-0.3, -0.25) is 0 Å². The molecule has 0 spiro atoms. The predicted molar refractivity (Wildman–Crippen MR) is 75.7 cm³/mol. The van der Waals surface area contributed by atoms with Crippen LogP contribution in [0, 0.1) is 0 Å². The average molecular weight is 305 g/mol. The first-order valence-corrected chi connectivity index (χ1v) is 7.14. The molecule has 1 aliphatic rings. The molecular formula is C14H18Cl2O3. The number of methoxy groups -OCH3 is 1. The number of hydrogen-bond acceptors (Lipinski definition) is 3. The number of ether oxygens (including phenoxy) is 2. The van der Waals surface area contributed by atoms with Crippen LogP contribution >= 0.6 is 23.2 Å². The summed E-state index contributed by atoms with van der Waals surface area (Å²) in [5.41, 5.74) is 1.05. The number of aryl methyl sites for hydroxylation is 1. The topological polar surface area (TPSA) is 38.7 Å². The second-order valence-electron chi connectivity index (χ2n) is 4.82. The van der Waals surface area contributed by atoms with Gasteiger partial charge in [-0.1, -0.05) is 29.3 Å². The van der Waals surface area contributed by atoms with Gasteiger partial charge in [-0.2, -0.15) is 0 Å². The number of rotatable bonds is 4. The Morgan fingerprint density at radius 2 is 2.16 bits per heavy atom. The van der Waals surface area contributed by atoms with Crippen LogP contribution in [0.5, 0.6) is 0 Å². The molecule has 0 aliphatic carbocycles. The molecule has 106 valence electrons. The molecule has 3 nitrogen and oxygen atoms in total. The van der Waals surface area contributed by atoms with Crippen molar-refractivity contribution in [2.45, 2.75) is 44.2 Å². The maximum Gasteiger partial charge on any atom is 0.160 e. The molecule has 0 aromatic heterocycles. The van der Waals surface area contributed by atoms with E-state index in [0.29, 0.717) is 22.9 Å². The van der Waals surface area contributed by atoms with Crippen LogP contribution in [0.4, 0.5) is 0 Å². The maximum atomic E-state index is 9.77. The van der Waals surface area contributed by atoms with Crippen molar-refractivity contribution < 1.29 is 14.6 Å². The van der Waals surface area contributed by atoms with Crippen LogP contribution in [-0.4, -0.2) is 30.7 Å². The minimum Gasteiger partial charge on any atom is -0.393 e. The largest absolute Gasteiger partial charge is 0.393 e. The quantitative estimate of drug-likeness (QED) is 0.926. The van der Waals surface area contributed by atoms with E-state index in [9.17, 15) is 5.11 Å². The third-order valence-electron chi connectivity index (χ3n) is 3.36. The van der Waals surface area contributed by atoms with Gasteiger partial charge in [-0.05, 0) is 37.0 Å². The molecule has 0 amide bonds. The van der Waals surface area contributed by atoms with Gasteiger partial charge < -0.3 is 14.6 Å². The Kier molecular flexibility index (Phi) is 5.48. The number of hydrogen-bond donors (Lipinski definition) is 1. The molecule has 1 saturated heterocycles. The van der Waals surface area contributed by atoms with Gasteiger partial charge in [0.15, 0.2) is 6.29 Å². The molecule has 19 heavy (non-hydrogen) atoms. The molecule has 1 heterocycles. The van der Waals surface area contributed by atoms with Crippen LogP contribution in [0.25, 0.3) is 0 Å². The molecule has 0 saturated carbocycles. The normalized spacial score (nSPS) is 27.5. The Bertz CT molecular complexity index is 425. The Balaban J connectivity index is 1.90. The van der Waals surface area contributed by atoms with Gasteiger partial charge in [-0.25, -0.2) is 0 Å². The standard InChI is InChI=1S/C14H18Cl2O3/c1-18-14-8-11(17)7-12(19-14)5-3-9-2-4-10(15)6-13(9)16/h2,4,6,11-12,14,17H,3,5,7-8H2,1H3/t11-,12+,14-/m1/s1. The van der Waals surface area contributed by atoms with Crippen molar-refractivity contribution in [3.8, 4) is 0 Å². The maximum absolute atomic E-state index is 9.77. The monoisotopic (exact) mass is 304 g/mol. The van der Waals surface area contributed by atoms with E-state index in [1.807, 2.05) is 12.1 Å². The van der Waals surface area contributed by atoms with Crippen molar-refractivity contribution in [3.05, 3.63) is 33.8 Å². The van der Waals surface area contributed by atoms with E-state index in [2.05, 4.69) is 0 Å². The van der Waals surface area contributed by atoms with Gasteiger partial charge in [0.2, 0.25) is 0 Å². The van der Waals surface area contributed by atoms with Crippen LogP contribution in [0.2, 0.25) is 10.0 Å². The smallest absolute Gasteiger partial charge is 0.160 e. The highest BCUT2D eigenvalue weighted by Gasteiger charge is 2.28. The van der Waals surface area contributed by atoms with Gasteiger partial charge in [0.1, 0.15) is 0 Å². The fourth-order valence-electron chi connectivity index (χ4n) is 2.33. The highest BCUT2D eigenvalue weighted by molar-refractivity contribution is 6.35. The van der Waals surface area contributed by atoms with Crippen molar-refractivity contribution >= 4 is 23.2 Å². The zero-order valence-electron chi connectivity index (χ0n) is 10.8. The summed E-state index contributed by atoms with van der Waals surface area (Å²) in [6.45, 7) is 0. The second kappa shape index (κ2) is 6.91. The molecule has 2 rings (SSSR count). The van der Waals surface area contributed by atoms with Crippen molar-refractivity contribution in [3.63, 3.8) is 0 Å². The van der Waals surface area contributed by atoms with Gasteiger partial charge >= 0.3 is 0 Å². The molecule has 1 aromatic carbocycles. The summed E-state index contributed by atoms with van der Waals surface area (Å²) in [5, 5.41) is 11.1. The molecule has 1 aliphatic heterocycles. The molecule has 1 fully saturated rings. The second-order valence-corrected chi connectivity index (χ2v) is 5.67. The molecule has 1 aromatic rings. The lowest BCUT2D eigenvalue weighted by atomic mass is 9.99. The lowest BCUT2D eigenvalue weighted by Gasteiger charge is -2.32. The number of aliphatic hydroxyl groups is 1. The highest BCUT2D eigenvalue weighted by atomic mass is 35.5. The number of halogens is 2. The fourth-order valence-corrected chi connectivity index (χ4v) is 2.83. The van der Waals surface area contributed by atoms with Crippen molar-refractivity contribution in [1.82, 2.24) is 0 Å². The molecule has 0 bridgehead atoms. The lowest BCUT2D eigenvalue weighted by Crippen LogP contribution is -2.36. The molecule has 5 heteroatoms. The Morgan fingerprint density at radius 3 is 2.84 bits per heavy atom. The van der Waals surface area contributed by atoms with E-state index in [1.54, 1.807) is 13.2 Å². The molecule has 3 atom stereocenters. The first kappa shape index (κ1) is 15.1. The molecule has 0 radical (unpaired) electrons. The van der Waals surface area contributed by atoms with E-state index in [4.69, 9.17) is 32.7 Å². The predicted octanol–water partition coefficient (Wildman–Crippen LogP) is 3.44. The lowest BCUT2D eigenvalue weighted by molar-refractivity contribution is -0.204. The van der Waals surface area contributed by atoms with E-state index in [-0.39, 0.29) is 18.5 Å². The van der Waals surface area contributed by atoms with Gasteiger partial charge in [0.25, 0.3) is 0 Å². The third-order valence-corrected chi connectivity index (χ3v) is 3.94.